The predicted octanol–water partition coefficient (Wildman–Crippen LogP) is 0.280. The van der Waals surface area contributed by atoms with Gasteiger partial charge in [-0.3, -0.25) is 5.73 Å². The fraction of sp³-hybridized carbons (Fsp3) is 0. The van der Waals surface area contributed by atoms with Gasteiger partial charge in [0, 0.05) is 5.10 Å². The fourth-order valence-electron chi connectivity index (χ4n) is 0.594. The topological polar surface area (TPSA) is 123 Å². The van der Waals surface area contributed by atoms with Crippen LogP contribution in [0.5, 0.6) is 0 Å². The number of hydroxylamine groups is 1. The van der Waals surface area contributed by atoms with Gasteiger partial charge in [-0.05, 0) is 12.1 Å². The molecule has 0 atom stereocenters. The van der Waals surface area contributed by atoms with Gasteiger partial charge in [0.15, 0.2) is 0 Å². The molecule has 8 nitrogen and oxygen atoms in total. The first-order chi connectivity index (χ1) is 6.74. The molecule has 0 amide bonds. The van der Waals surface area contributed by atoms with Crippen molar-refractivity contribution in [3.8, 4) is 0 Å². The van der Waals surface area contributed by atoms with Crippen LogP contribution in [0.3, 0.4) is 0 Å². The molecule has 0 unspecified atom stereocenters. The van der Waals surface area contributed by atoms with Crippen LogP contribution in [0.25, 0.3) is 0 Å². The third-order valence-corrected chi connectivity index (χ3v) is 1.17. The lowest BCUT2D eigenvalue weighted by molar-refractivity contribution is -0.445. The third kappa shape index (κ3) is 2.59. The Morgan fingerprint density at radius 1 is 1.71 bits per heavy atom. The summed E-state index contributed by atoms with van der Waals surface area (Å²) in [5.74, 6) is -0.129. The molecule has 0 aliphatic rings. The largest absolute Gasteiger partial charge is 0.719 e. The molecule has 0 spiro atoms. The monoisotopic (exact) mass is 197 g/mol. The summed E-state index contributed by atoms with van der Waals surface area (Å²) >= 11 is 0. The van der Waals surface area contributed by atoms with E-state index in [4.69, 9.17) is 15.4 Å². The number of hydrogen-bond acceptors (Lipinski definition) is 5. The molecule has 0 aromatic carbocycles. The smallest absolute Gasteiger partial charge is 0.435 e. The highest BCUT2D eigenvalue weighted by molar-refractivity contribution is 5.77. The average Bonchev–Trinajstić information content (AvgIpc) is 2.69. The summed E-state index contributed by atoms with van der Waals surface area (Å²) in [7, 11) is 0. The molecule has 0 fully saturated rings. The number of furan rings is 1. The Morgan fingerprint density at radius 2 is 2.50 bits per heavy atom. The van der Waals surface area contributed by atoms with Crippen LogP contribution in [0, 0.1) is 5.21 Å². The maximum absolute atomic E-state index is 10.5. The zero-order valence-corrected chi connectivity index (χ0v) is 6.94. The van der Waals surface area contributed by atoms with Gasteiger partial charge < -0.3 is 14.8 Å². The van der Waals surface area contributed by atoms with Gasteiger partial charge in [-0.25, -0.2) is 0 Å². The van der Waals surface area contributed by atoms with Crippen LogP contribution in [-0.2, 0) is 0 Å². The highest BCUT2D eigenvalue weighted by atomic mass is 16.6. The molecule has 74 valence electrons. The quantitative estimate of drug-likeness (QED) is 0.232. The van der Waals surface area contributed by atoms with Crippen molar-refractivity contribution in [1.29, 1.82) is 0 Å². The van der Waals surface area contributed by atoms with Gasteiger partial charge >= 0.3 is 5.96 Å². The first-order valence-electron chi connectivity index (χ1n) is 3.46. The molecule has 3 N–H and O–H groups in total. The van der Waals surface area contributed by atoms with Crippen molar-refractivity contribution in [2.24, 2.45) is 21.2 Å². The van der Waals surface area contributed by atoms with E-state index in [2.05, 4.69) is 15.5 Å². The summed E-state index contributed by atoms with van der Waals surface area (Å²) in [4.78, 5) is -0.278. The van der Waals surface area contributed by atoms with Gasteiger partial charge in [0.1, 0.15) is 12.0 Å². The van der Waals surface area contributed by atoms with E-state index in [-0.39, 0.29) is 4.86 Å². The van der Waals surface area contributed by atoms with Gasteiger partial charge in [-0.15, -0.1) is 4.86 Å². The highest BCUT2D eigenvalue weighted by Gasteiger charge is 1.99. The molecular weight excluding hydrogens is 190 g/mol. The van der Waals surface area contributed by atoms with E-state index in [0.29, 0.717) is 5.76 Å². The molecule has 0 aliphatic carbocycles. The summed E-state index contributed by atoms with van der Waals surface area (Å²) in [5.41, 5.74) is 5.03. The first kappa shape index (κ1) is 9.71. The van der Waals surface area contributed by atoms with Crippen molar-refractivity contribution >= 4 is 12.2 Å². The van der Waals surface area contributed by atoms with Crippen molar-refractivity contribution in [1.82, 2.24) is 0 Å². The molecule has 1 heterocycles. The molecule has 0 saturated heterocycles. The van der Waals surface area contributed by atoms with E-state index in [1.165, 1.54) is 12.5 Å². The van der Waals surface area contributed by atoms with E-state index >= 15 is 0 Å². The standard InChI is InChI=1S/C6H7N5O3/c7-6(11(13)10-12)9-8-4-5-2-1-3-14-5/h1-4,12H,(H2,7,9)/b8-4+,11-10+. The van der Waals surface area contributed by atoms with Gasteiger partial charge in [0.2, 0.25) is 0 Å². The van der Waals surface area contributed by atoms with Crippen molar-refractivity contribution in [3.63, 3.8) is 0 Å². The zero-order chi connectivity index (χ0) is 10.4. The van der Waals surface area contributed by atoms with Gasteiger partial charge in [-0.1, -0.05) is 5.10 Å². The van der Waals surface area contributed by atoms with E-state index < -0.39 is 5.96 Å². The molecule has 0 aliphatic heterocycles. The molecule has 8 heteroatoms. The van der Waals surface area contributed by atoms with Crippen LogP contribution in [0.15, 0.2) is 38.3 Å². The predicted molar refractivity (Wildman–Crippen MR) is 45.8 cm³/mol. The van der Waals surface area contributed by atoms with Crippen molar-refractivity contribution < 1.29 is 14.5 Å². The second kappa shape index (κ2) is 4.60. The number of rotatable bonds is 2. The second-order valence-electron chi connectivity index (χ2n) is 2.08. The second-order valence-corrected chi connectivity index (χ2v) is 2.08. The molecule has 0 saturated carbocycles. The van der Waals surface area contributed by atoms with E-state index in [0.717, 1.165) is 0 Å². The molecular formula is C6H7N5O3. The number of hydrogen-bond donors (Lipinski definition) is 2. The summed E-state index contributed by atoms with van der Waals surface area (Å²) in [6.45, 7) is 0. The van der Waals surface area contributed by atoms with Crippen LogP contribution >= 0.6 is 0 Å². The maximum atomic E-state index is 10.5. The van der Waals surface area contributed by atoms with E-state index in [1.54, 1.807) is 12.1 Å². The van der Waals surface area contributed by atoms with Crippen LogP contribution < -0.4 is 5.73 Å². The Hall–Kier alpha value is -2.38. The Labute approximate surface area is 78.2 Å². The molecule has 0 radical (unpaired) electrons. The Bertz CT molecular complexity index is 367. The molecule has 1 aromatic heterocycles. The summed E-state index contributed by atoms with van der Waals surface area (Å²) in [6.07, 6.45) is 2.70. The number of nitrogens with two attached hydrogens (primary N) is 1. The molecule has 0 bridgehead atoms. The maximum Gasteiger partial charge on any atom is 0.435 e. The van der Waals surface area contributed by atoms with E-state index in [9.17, 15) is 5.21 Å². The Morgan fingerprint density at radius 3 is 3.07 bits per heavy atom. The van der Waals surface area contributed by atoms with Crippen molar-refractivity contribution in [2.45, 2.75) is 0 Å². The lowest BCUT2D eigenvalue weighted by Gasteiger charge is -1.96. The molecule has 1 rings (SSSR count). The highest BCUT2D eigenvalue weighted by Crippen LogP contribution is 1.95. The summed E-state index contributed by atoms with van der Waals surface area (Å²) in [5, 5.41) is 27.3. The van der Waals surface area contributed by atoms with Gasteiger partial charge in [-0.2, -0.15) is 0 Å². The fourth-order valence-corrected chi connectivity index (χ4v) is 0.594. The van der Waals surface area contributed by atoms with Crippen LogP contribution in [0.1, 0.15) is 5.76 Å². The third-order valence-electron chi connectivity index (χ3n) is 1.17. The van der Waals surface area contributed by atoms with Gasteiger partial charge in [0.05, 0.1) is 11.5 Å². The van der Waals surface area contributed by atoms with Gasteiger partial charge in [0.25, 0.3) is 0 Å². The summed E-state index contributed by atoms with van der Waals surface area (Å²) < 4.78 is 4.88. The lowest BCUT2D eigenvalue weighted by Crippen LogP contribution is -2.22. The Kier molecular flexibility index (Phi) is 3.19. The van der Waals surface area contributed by atoms with Crippen LogP contribution in [0.2, 0.25) is 0 Å². The Balaban J connectivity index is 2.63. The minimum Gasteiger partial charge on any atom is -0.719 e. The summed E-state index contributed by atoms with van der Waals surface area (Å²) in [6, 6.07) is 3.30. The number of guanidine groups is 1. The van der Waals surface area contributed by atoms with Crippen LogP contribution in [0.4, 0.5) is 0 Å². The SMILES string of the molecule is NC(=N\N=C\c1ccco1)/[N+]([O-])=N\O. The lowest BCUT2D eigenvalue weighted by atomic mass is 10.5. The van der Waals surface area contributed by atoms with Crippen molar-refractivity contribution in [2.75, 3.05) is 0 Å². The van der Waals surface area contributed by atoms with Crippen LogP contribution in [-0.4, -0.2) is 22.2 Å². The molecule has 14 heavy (non-hydrogen) atoms. The minimum absolute atomic E-state index is 0.278. The normalized spacial score (nSPS) is 13.7. The van der Waals surface area contributed by atoms with Crippen molar-refractivity contribution in [3.05, 3.63) is 29.4 Å². The first-order valence-corrected chi connectivity index (χ1v) is 3.46. The van der Waals surface area contributed by atoms with E-state index in [1.807, 2.05) is 0 Å². The average molecular weight is 197 g/mol. The zero-order valence-electron chi connectivity index (χ0n) is 6.94. The number of nitrogens with zero attached hydrogens (tertiary/aromatic N) is 4. The molecule has 1 aromatic rings. The minimum atomic E-state index is -0.588.